The molecule has 88 valence electrons. The maximum absolute atomic E-state index is 8.31. The van der Waals surface area contributed by atoms with Gasteiger partial charge in [0, 0.05) is 26.4 Å². The maximum atomic E-state index is 8.31. The van der Waals surface area contributed by atoms with E-state index < -0.39 is 0 Å². The lowest BCUT2D eigenvalue weighted by Gasteiger charge is -1.96. The summed E-state index contributed by atoms with van der Waals surface area (Å²) >= 11 is 0. The molecule has 0 radical (unpaired) electrons. The summed E-state index contributed by atoms with van der Waals surface area (Å²) in [4.78, 5) is 0. The van der Waals surface area contributed by atoms with Gasteiger partial charge in [0.2, 0.25) is 0 Å². The van der Waals surface area contributed by atoms with Crippen molar-refractivity contribution in [2.75, 3.05) is 39.6 Å². The molecule has 0 aliphatic rings. The van der Waals surface area contributed by atoms with E-state index >= 15 is 0 Å². The Kier molecular flexibility index (Phi) is 21.6. The molecule has 0 saturated heterocycles. The number of unbranched alkanes of at least 4 members (excludes halogenated alkanes) is 1. The first kappa shape index (κ1) is 16.3. The lowest BCUT2D eigenvalue weighted by atomic mass is 10.3. The third-order valence-electron chi connectivity index (χ3n) is 1.34. The van der Waals surface area contributed by atoms with E-state index in [1.165, 1.54) is 0 Å². The van der Waals surface area contributed by atoms with E-state index in [1.807, 2.05) is 13.8 Å². The van der Waals surface area contributed by atoms with Crippen molar-refractivity contribution in [2.45, 2.75) is 26.7 Å². The van der Waals surface area contributed by atoms with Gasteiger partial charge in [-0.25, -0.2) is 0 Å². The average molecular weight is 208 g/mol. The number of hydrogen-bond donors (Lipinski definition) is 2. The molecule has 4 heteroatoms. The molecule has 0 aromatic heterocycles. The van der Waals surface area contributed by atoms with Crippen LogP contribution in [0.5, 0.6) is 0 Å². The summed E-state index contributed by atoms with van der Waals surface area (Å²) in [6.07, 6.45) is 1.84. The minimum Gasteiger partial charge on any atom is -0.396 e. The zero-order valence-electron chi connectivity index (χ0n) is 9.37. The number of rotatable bonds is 8. The molecule has 0 aromatic rings. The van der Waals surface area contributed by atoms with E-state index in [4.69, 9.17) is 19.7 Å². The van der Waals surface area contributed by atoms with Crippen LogP contribution in [-0.2, 0) is 9.47 Å². The summed E-state index contributed by atoms with van der Waals surface area (Å²) in [6.45, 7) is 7.02. The molecular formula is C10H24O4. The molecule has 0 rings (SSSR count). The Balaban J connectivity index is 0. The molecule has 0 fully saturated rings. The average Bonchev–Trinajstić information content (AvgIpc) is 2.22. The van der Waals surface area contributed by atoms with Crippen molar-refractivity contribution in [1.29, 1.82) is 0 Å². The second-order valence-corrected chi connectivity index (χ2v) is 2.55. The van der Waals surface area contributed by atoms with Crippen molar-refractivity contribution in [2.24, 2.45) is 0 Å². The first-order chi connectivity index (χ1) is 6.83. The summed E-state index contributed by atoms with van der Waals surface area (Å²) in [7, 11) is 0. The van der Waals surface area contributed by atoms with Crippen LogP contribution in [-0.4, -0.2) is 49.9 Å². The molecule has 0 saturated carbocycles. The normalized spacial score (nSPS) is 9.43. The van der Waals surface area contributed by atoms with Crippen molar-refractivity contribution in [1.82, 2.24) is 0 Å². The van der Waals surface area contributed by atoms with Crippen LogP contribution in [0.3, 0.4) is 0 Å². The van der Waals surface area contributed by atoms with Gasteiger partial charge in [0.15, 0.2) is 0 Å². The molecule has 14 heavy (non-hydrogen) atoms. The van der Waals surface area contributed by atoms with Crippen molar-refractivity contribution in [3.63, 3.8) is 0 Å². The highest BCUT2D eigenvalue weighted by Crippen LogP contribution is 1.86. The first-order valence-corrected chi connectivity index (χ1v) is 5.20. The van der Waals surface area contributed by atoms with Gasteiger partial charge < -0.3 is 19.7 Å². The third kappa shape index (κ3) is 22.6. The monoisotopic (exact) mass is 208 g/mol. The molecule has 0 atom stereocenters. The van der Waals surface area contributed by atoms with Crippen molar-refractivity contribution >= 4 is 0 Å². The topological polar surface area (TPSA) is 58.9 Å². The molecule has 0 aromatic carbocycles. The molecule has 2 N–H and O–H groups in total. The van der Waals surface area contributed by atoms with Gasteiger partial charge in [-0.3, -0.25) is 0 Å². The van der Waals surface area contributed by atoms with Crippen LogP contribution in [0.4, 0.5) is 0 Å². The lowest BCUT2D eigenvalue weighted by Crippen LogP contribution is -1.96. The lowest BCUT2D eigenvalue weighted by molar-refractivity contribution is 0.102. The minimum absolute atomic E-state index is 0.133. The predicted octanol–water partition coefficient (Wildman–Crippen LogP) is 0.811. The van der Waals surface area contributed by atoms with Crippen LogP contribution in [0.25, 0.3) is 0 Å². The van der Waals surface area contributed by atoms with E-state index in [-0.39, 0.29) is 13.2 Å². The van der Waals surface area contributed by atoms with E-state index in [0.717, 1.165) is 26.1 Å². The first-order valence-electron chi connectivity index (χ1n) is 5.20. The zero-order chi connectivity index (χ0) is 11.1. The van der Waals surface area contributed by atoms with E-state index in [9.17, 15) is 0 Å². The van der Waals surface area contributed by atoms with Crippen molar-refractivity contribution in [3.8, 4) is 0 Å². The van der Waals surface area contributed by atoms with Crippen LogP contribution in [0, 0.1) is 0 Å². The molecule has 0 amide bonds. The quantitative estimate of drug-likeness (QED) is 0.580. The Hall–Kier alpha value is -0.160. The Morgan fingerprint density at radius 3 is 1.71 bits per heavy atom. The fourth-order valence-electron chi connectivity index (χ4n) is 0.669. The Labute approximate surface area is 86.8 Å². The molecule has 0 aliphatic carbocycles. The molecular weight excluding hydrogens is 184 g/mol. The Morgan fingerprint density at radius 2 is 1.36 bits per heavy atom. The number of hydrogen-bond acceptors (Lipinski definition) is 4. The van der Waals surface area contributed by atoms with Gasteiger partial charge in [0.1, 0.15) is 0 Å². The van der Waals surface area contributed by atoms with Crippen molar-refractivity contribution < 1.29 is 19.7 Å². The van der Waals surface area contributed by atoms with E-state index in [0.29, 0.717) is 13.2 Å². The highest BCUT2D eigenvalue weighted by molar-refractivity contribution is 4.33. The SMILES string of the molecule is CCOCCCCO.CCOCCO. The molecule has 4 nitrogen and oxygen atoms in total. The highest BCUT2D eigenvalue weighted by atomic mass is 16.5. The number of aliphatic hydroxyl groups is 2. The smallest absolute Gasteiger partial charge is 0.0697 e. The summed E-state index contributed by atoms with van der Waals surface area (Å²) in [6, 6.07) is 0. The number of aliphatic hydroxyl groups excluding tert-OH is 2. The van der Waals surface area contributed by atoms with E-state index in [1.54, 1.807) is 0 Å². The maximum Gasteiger partial charge on any atom is 0.0697 e. The standard InChI is InChI=1S/C6H14O2.C4H10O2/c1-2-8-6-4-3-5-7;1-2-6-4-3-5/h7H,2-6H2,1H3;5H,2-4H2,1H3. The Morgan fingerprint density at radius 1 is 0.786 bits per heavy atom. The van der Waals surface area contributed by atoms with Gasteiger partial charge in [-0.05, 0) is 26.7 Å². The fraction of sp³-hybridized carbons (Fsp3) is 1.00. The van der Waals surface area contributed by atoms with Crippen LogP contribution in [0.15, 0.2) is 0 Å². The second-order valence-electron chi connectivity index (χ2n) is 2.55. The van der Waals surface area contributed by atoms with Crippen LogP contribution in [0.1, 0.15) is 26.7 Å². The highest BCUT2D eigenvalue weighted by Gasteiger charge is 1.83. The number of ether oxygens (including phenoxy) is 2. The van der Waals surface area contributed by atoms with Gasteiger partial charge >= 0.3 is 0 Å². The van der Waals surface area contributed by atoms with Crippen LogP contribution >= 0.6 is 0 Å². The Bertz CT molecular complexity index is 68.5. The van der Waals surface area contributed by atoms with Gasteiger partial charge in [0.05, 0.1) is 13.2 Å². The second kappa shape index (κ2) is 18.6. The van der Waals surface area contributed by atoms with E-state index in [2.05, 4.69) is 0 Å². The summed E-state index contributed by atoms with van der Waals surface area (Å²) < 4.78 is 9.76. The molecule has 0 bridgehead atoms. The van der Waals surface area contributed by atoms with Gasteiger partial charge in [-0.1, -0.05) is 0 Å². The van der Waals surface area contributed by atoms with Gasteiger partial charge in [-0.15, -0.1) is 0 Å². The van der Waals surface area contributed by atoms with Gasteiger partial charge in [-0.2, -0.15) is 0 Å². The van der Waals surface area contributed by atoms with Crippen LogP contribution in [0.2, 0.25) is 0 Å². The summed E-state index contributed by atoms with van der Waals surface area (Å²) in [5, 5.41) is 16.4. The molecule has 0 aliphatic heterocycles. The van der Waals surface area contributed by atoms with Crippen molar-refractivity contribution in [3.05, 3.63) is 0 Å². The predicted molar refractivity (Wildman–Crippen MR) is 56.4 cm³/mol. The zero-order valence-corrected chi connectivity index (χ0v) is 9.37. The fourth-order valence-corrected chi connectivity index (χ4v) is 0.669. The third-order valence-corrected chi connectivity index (χ3v) is 1.34. The molecule has 0 spiro atoms. The van der Waals surface area contributed by atoms with Gasteiger partial charge in [0.25, 0.3) is 0 Å². The minimum atomic E-state index is 0.133. The molecule has 0 heterocycles. The summed E-state index contributed by atoms with van der Waals surface area (Å²) in [5.74, 6) is 0. The largest absolute Gasteiger partial charge is 0.396 e. The van der Waals surface area contributed by atoms with Crippen LogP contribution < -0.4 is 0 Å². The summed E-state index contributed by atoms with van der Waals surface area (Å²) in [5.41, 5.74) is 0. The molecule has 0 unspecified atom stereocenters.